The first-order chi connectivity index (χ1) is 22.6. The van der Waals surface area contributed by atoms with Crippen LogP contribution in [0.5, 0.6) is 0 Å². The topological polar surface area (TPSA) is 61.8 Å². The number of carbonyl (C=O) groups is 2. The number of ether oxygens (including phenoxy) is 3. The fourth-order valence-electron chi connectivity index (χ4n) is 4.77. The molecule has 0 fully saturated rings. The van der Waals surface area contributed by atoms with E-state index in [9.17, 15) is 9.59 Å². The normalized spacial score (nSPS) is 12.8. The van der Waals surface area contributed by atoms with E-state index in [1.54, 1.807) is 0 Å². The predicted molar refractivity (Wildman–Crippen MR) is 196 cm³/mol. The van der Waals surface area contributed by atoms with E-state index in [0.717, 1.165) is 89.9 Å². The second-order valence-electron chi connectivity index (χ2n) is 12.1. The minimum atomic E-state index is -0.539. The lowest BCUT2D eigenvalue weighted by atomic mass is 10.1. The van der Waals surface area contributed by atoms with Crippen molar-refractivity contribution in [2.24, 2.45) is 0 Å². The molecule has 0 rings (SSSR count). The smallest absolute Gasteiger partial charge is 0.306 e. The van der Waals surface area contributed by atoms with Gasteiger partial charge in [0, 0.05) is 19.4 Å². The molecule has 0 aromatic heterocycles. The Morgan fingerprint density at radius 1 is 0.500 bits per heavy atom. The van der Waals surface area contributed by atoms with Crippen molar-refractivity contribution in [1.29, 1.82) is 0 Å². The van der Waals surface area contributed by atoms with E-state index in [1.807, 2.05) is 0 Å². The lowest BCUT2D eigenvalue weighted by molar-refractivity contribution is -0.163. The summed E-state index contributed by atoms with van der Waals surface area (Å²) in [5.74, 6) is -0.444. The summed E-state index contributed by atoms with van der Waals surface area (Å²) in [4.78, 5) is 24.6. The van der Waals surface area contributed by atoms with Crippen molar-refractivity contribution in [2.45, 2.75) is 168 Å². The number of carbonyl (C=O) groups excluding carboxylic acids is 2. The number of hydrogen-bond donors (Lipinski definition) is 0. The molecule has 5 heteroatoms. The Labute approximate surface area is 284 Å². The van der Waals surface area contributed by atoms with Crippen molar-refractivity contribution in [3.05, 3.63) is 60.8 Å². The number of esters is 2. The van der Waals surface area contributed by atoms with Gasteiger partial charge in [-0.1, -0.05) is 146 Å². The van der Waals surface area contributed by atoms with Gasteiger partial charge in [0.15, 0.2) is 6.10 Å². The first-order valence-electron chi connectivity index (χ1n) is 18.8. The summed E-state index contributed by atoms with van der Waals surface area (Å²) in [6.07, 6.45) is 44.1. The Morgan fingerprint density at radius 2 is 0.978 bits per heavy atom. The van der Waals surface area contributed by atoms with Gasteiger partial charge in [-0.05, 0) is 64.2 Å². The van der Waals surface area contributed by atoms with Gasteiger partial charge in [-0.2, -0.15) is 0 Å². The van der Waals surface area contributed by atoms with Crippen molar-refractivity contribution in [3.63, 3.8) is 0 Å². The van der Waals surface area contributed by atoms with Crippen LogP contribution in [-0.4, -0.2) is 37.9 Å². The van der Waals surface area contributed by atoms with Gasteiger partial charge < -0.3 is 14.2 Å². The van der Waals surface area contributed by atoms with Gasteiger partial charge in [-0.25, -0.2) is 0 Å². The highest BCUT2D eigenvalue weighted by Gasteiger charge is 2.17. The van der Waals surface area contributed by atoms with Crippen LogP contribution in [0.25, 0.3) is 0 Å². The van der Waals surface area contributed by atoms with Crippen LogP contribution in [0.3, 0.4) is 0 Å². The molecule has 0 aromatic carbocycles. The number of hydrogen-bond acceptors (Lipinski definition) is 5. The molecule has 0 heterocycles. The van der Waals surface area contributed by atoms with E-state index in [2.05, 4.69) is 81.5 Å². The standard InChI is InChI=1S/C41H70O5/c1-4-7-10-13-14-15-16-17-18-19-20-21-22-23-24-25-26-27-30-33-36-44-37-39(46-41(43)35-32-29-12-9-6-3)38-45-40(42)34-31-28-11-8-5-2/h7,10,14-15,17-18,20-21,23-24,39H,4-6,8-9,11-13,16,19,22,25-38H2,1-3H3/b10-7-,15-14-,18-17-,21-20-,24-23-. The van der Waals surface area contributed by atoms with E-state index in [0.29, 0.717) is 19.4 Å². The maximum Gasteiger partial charge on any atom is 0.306 e. The van der Waals surface area contributed by atoms with Crippen LogP contribution in [-0.2, 0) is 23.8 Å². The van der Waals surface area contributed by atoms with Gasteiger partial charge in [0.25, 0.3) is 0 Å². The van der Waals surface area contributed by atoms with E-state index < -0.39 is 6.10 Å². The summed E-state index contributed by atoms with van der Waals surface area (Å²) in [6, 6.07) is 0. The van der Waals surface area contributed by atoms with E-state index in [4.69, 9.17) is 14.2 Å². The lowest BCUT2D eigenvalue weighted by Crippen LogP contribution is -2.30. The zero-order chi connectivity index (χ0) is 33.6. The summed E-state index contributed by atoms with van der Waals surface area (Å²) < 4.78 is 17.0. The molecule has 0 bridgehead atoms. The number of rotatable bonds is 33. The van der Waals surface area contributed by atoms with Gasteiger partial charge in [-0.15, -0.1) is 0 Å². The number of allylic oxidation sites excluding steroid dienone is 10. The maximum absolute atomic E-state index is 12.4. The first kappa shape index (κ1) is 43.6. The summed E-state index contributed by atoms with van der Waals surface area (Å²) >= 11 is 0. The molecule has 46 heavy (non-hydrogen) atoms. The quantitative estimate of drug-likeness (QED) is 0.0405. The Bertz CT molecular complexity index is 823. The average molecular weight is 643 g/mol. The van der Waals surface area contributed by atoms with Crippen molar-refractivity contribution in [1.82, 2.24) is 0 Å². The molecule has 1 unspecified atom stereocenters. The first-order valence-corrected chi connectivity index (χ1v) is 18.8. The molecular formula is C41H70O5. The third-order valence-corrected chi connectivity index (χ3v) is 7.57. The van der Waals surface area contributed by atoms with E-state index in [1.165, 1.54) is 38.5 Å². The van der Waals surface area contributed by atoms with Gasteiger partial charge in [0.2, 0.25) is 0 Å². The van der Waals surface area contributed by atoms with Crippen LogP contribution >= 0.6 is 0 Å². The van der Waals surface area contributed by atoms with Crippen LogP contribution in [0.15, 0.2) is 60.8 Å². The molecule has 0 aliphatic carbocycles. The highest BCUT2D eigenvalue weighted by molar-refractivity contribution is 5.70. The van der Waals surface area contributed by atoms with Crippen molar-refractivity contribution >= 4 is 11.9 Å². The highest BCUT2D eigenvalue weighted by Crippen LogP contribution is 2.10. The molecule has 0 spiro atoms. The SMILES string of the molecule is CC/C=C\C/C=C\C/C=C\C/C=C\C/C=C\CCCCCCOCC(COC(=O)CCCCCCC)OC(=O)CCCCCCC. The summed E-state index contributed by atoms with van der Waals surface area (Å²) in [5.41, 5.74) is 0. The fraction of sp³-hybridized carbons (Fsp3) is 0.707. The van der Waals surface area contributed by atoms with Crippen LogP contribution in [0.1, 0.15) is 162 Å². The van der Waals surface area contributed by atoms with E-state index in [-0.39, 0.29) is 25.2 Å². The van der Waals surface area contributed by atoms with Gasteiger partial charge >= 0.3 is 11.9 Å². The summed E-state index contributed by atoms with van der Waals surface area (Å²) in [7, 11) is 0. The molecule has 0 aliphatic rings. The number of unbranched alkanes of at least 4 members (excludes halogenated alkanes) is 12. The van der Waals surface area contributed by atoms with E-state index >= 15 is 0 Å². The Balaban J connectivity index is 4.06. The molecule has 1 atom stereocenters. The van der Waals surface area contributed by atoms with Crippen LogP contribution in [0.2, 0.25) is 0 Å². The van der Waals surface area contributed by atoms with Crippen molar-refractivity contribution < 1.29 is 23.8 Å². The largest absolute Gasteiger partial charge is 0.462 e. The molecule has 0 aliphatic heterocycles. The second kappa shape index (κ2) is 37.1. The van der Waals surface area contributed by atoms with Crippen molar-refractivity contribution in [3.8, 4) is 0 Å². The monoisotopic (exact) mass is 643 g/mol. The molecule has 0 saturated heterocycles. The molecule has 0 amide bonds. The molecular weight excluding hydrogens is 572 g/mol. The fourth-order valence-corrected chi connectivity index (χ4v) is 4.77. The second-order valence-corrected chi connectivity index (χ2v) is 12.1. The van der Waals surface area contributed by atoms with Crippen LogP contribution in [0, 0.1) is 0 Å². The molecule has 0 saturated carbocycles. The molecule has 0 radical (unpaired) electrons. The van der Waals surface area contributed by atoms with Gasteiger partial charge in [-0.3, -0.25) is 9.59 Å². The third kappa shape index (κ3) is 34.5. The maximum atomic E-state index is 12.4. The molecule has 264 valence electrons. The summed E-state index contributed by atoms with van der Waals surface area (Å²) in [6.45, 7) is 7.48. The Morgan fingerprint density at radius 3 is 1.54 bits per heavy atom. The predicted octanol–water partition coefficient (Wildman–Crippen LogP) is 11.9. The van der Waals surface area contributed by atoms with Crippen LogP contribution < -0.4 is 0 Å². The molecule has 0 N–H and O–H groups in total. The zero-order valence-corrected chi connectivity index (χ0v) is 30.1. The molecule has 5 nitrogen and oxygen atoms in total. The average Bonchev–Trinajstić information content (AvgIpc) is 3.05. The third-order valence-electron chi connectivity index (χ3n) is 7.57. The molecule has 0 aromatic rings. The van der Waals surface area contributed by atoms with Crippen LogP contribution in [0.4, 0.5) is 0 Å². The lowest BCUT2D eigenvalue weighted by Gasteiger charge is -2.18. The van der Waals surface area contributed by atoms with Crippen molar-refractivity contribution in [2.75, 3.05) is 19.8 Å². The zero-order valence-electron chi connectivity index (χ0n) is 30.1. The highest BCUT2D eigenvalue weighted by atomic mass is 16.6. The Hall–Kier alpha value is -2.40. The Kier molecular flexibility index (Phi) is 35.1. The summed E-state index contributed by atoms with van der Waals surface area (Å²) in [5, 5.41) is 0. The minimum absolute atomic E-state index is 0.0720. The minimum Gasteiger partial charge on any atom is -0.462 e. The van der Waals surface area contributed by atoms with Gasteiger partial charge in [0.05, 0.1) is 6.61 Å². The van der Waals surface area contributed by atoms with Gasteiger partial charge in [0.1, 0.15) is 6.61 Å².